The van der Waals surface area contributed by atoms with Crippen molar-refractivity contribution >= 4 is 38.4 Å². The van der Waals surface area contributed by atoms with Crippen LogP contribution in [0.4, 0.5) is 0 Å². The topological polar surface area (TPSA) is 0 Å². The zero-order valence-corrected chi connectivity index (χ0v) is 11.1. The molecule has 0 rings (SSSR count). The van der Waals surface area contributed by atoms with E-state index >= 15 is 0 Å². The van der Waals surface area contributed by atoms with E-state index in [1.807, 2.05) is 0 Å². The maximum atomic E-state index is 3.25. The average molecular weight is 384 g/mol. The minimum atomic E-state index is 0.440. The fourth-order valence-corrected chi connectivity index (χ4v) is 0. The normalized spacial score (nSPS) is 4.22. The van der Waals surface area contributed by atoms with Crippen molar-refractivity contribution in [1.82, 2.24) is 0 Å². The molecule has 9 heavy (non-hydrogen) atoms. The van der Waals surface area contributed by atoms with Crippen LogP contribution in [0.2, 0.25) is 0 Å². The Hall–Kier alpha value is 1.39. The third kappa shape index (κ3) is 264. The first kappa shape index (κ1) is 16.8. The minimum absolute atomic E-state index is 0.440. The summed E-state index contributed by atoms with van der Waals surface area (Å²) in [7, 11) is 0. The molecule has 0 fully saturated rings. The molecule has 0 N–H and O–H groups in total. The molecular formula is C6H10I2Ti-2. The van der Waals surface area contributed by atoms with Crippen molar-refractivity contribution in [1.29, 1.82) is 0 Å². The summed E-state index contributed by atoms with van der Waals surface area (Å²) in [6.45, 7) is 13.0. The zero-order valence-electron chi connectivity index (χ0n) is 5.24. The first-order valence-electron chi connectivity index (χ1n) is 2.01. The van der Waals surface area contributed by atoms with E-state index in [4.69, 9.17) is 0 Å². The molecule has 0 aliphatic heterocycles. The van der Waals surface area contributed by atoms with Crippen LogP contribution in [0, 0.1) is 13.8 Å². The number of hydrogen-bond donors (Lipinski definition) is 0. The summed E-state index contributed by atoms with van der Waals surface area (Å²) >= 11 is 5.24. The van der Waals surface area contributed by atoms with E-state index in [0.29, 0.717) is 11.7 Å². The van der Waals surface area contributed by atoms with E-state index in [1.54, 1.807) is 0 Å². The van der Waals surface area contributed by atoms with Gasteiger partial charge in [-0.05, 0) is 0 Å². The average Bonchev–Trinajstić information content (AvgIpc) is 1.70. The van der Waals surface area contributed by atoms with Crippen molar-refractivity contribution in [2.75, 3.05) is 0 Å². The van der Waals surface area contributed by atoms with Crippen molar-refractivity contribution in [3.05, 3.63) is 39.2 Å². The van der Waals surface area contributed by atoms with Gasteiger partial charge in [0.1, 0.15) is 0 Å². The van der Waals surface area contributed by atoms with Gasteiger partial charge in [-0.25, -0.2) is 39.2 Å². The quantitative estimate of drug-likeness (QED) is 0.339. The van der Waals surface area contributed by atoms with Gasteiger partial charge >= 0.3 is 50.0 Å². The van der Waals surface area contributed by atoms with Crippen molar-refractivity contribution in [2.24, 2.45) is 0 Å². The molecule has 0 nitrogen and oxygen atoms in total. The van der Waals surface area contributed by atoms with Crippen LogP contribution < -0.4 is 0 Å². The molecular weight excluding hydrogens is 374 g/mol. The van der Waals surface area contributed by atoms with Crippen LogP contribution in [0.15, 0.2) is 25.3 Å². The number of allylic oxidation sites excluding steroid dienone is 2. The summed E-state index contributed by atoms with van der Waals surface area (Å²) in [4.78, 5) is 0. The van der Waals surface area contributed by atoms with Gasteiger partial charge in [0.2, 0.25) is 0 Å². The van der Waals surface area contributed by atoms with Gasteiger partial charge < -0.3 is 0 Å². The van der Waals surface area contributed by atoms with Gasteiger partial charge in [0.25, 0.3) is 0 Å². The second kappa shape index (κ2) is 34.3. The standard InChI is InChI=1S/2C3H5.2HI.Ti/c2*1-3-2;;;/h2*3H,1-2H2;2*1H;/q2*-1;;;+2/p-2. The van der Waals surface area contributed by atoms with Gasteiger partial charge in [-0.3, -0.25) is 0 Å². The summed E-state index contributed by atoms with van der Waals surface area (Å²) < 4.78 is 0. The Balaban J connectivity index is -0.0000000600. The number of halogens is 2. The second-order valence-electron chi connectivity index (χ2n) is 0.649. The van der Waals surface area contributed by atoms with Crippen molar-refractivity contribution in [3.63, 3.8) is 0 Å². The number of hydrogen-bond acceptors (Lipinski definition) is 0. The monoisotopic (exact) mass is 384 g/mol. The fourth-order valence-electron chi connectivity index (χ4n) is 0. The molecule has 0 spiro atoms. The summed E-state index contributed by atoms with van der Waals surface area (Å²) in [5.74, 6) is 0. The molecule has 54 valence electrons. The van der Waals surface area contributed by atoms with E-state index in [-0.39, 0.29) is 0 Å². The molecule has 0 amide bonds. The first-order chi connectivity index (χ1) is 4.24. The Morgan fingerprint density at radius 1 is 1.11 bits per heavy atom. The summed E-state index contributed by atoms with van der Waals surface area (Å²) in [6.07, 6.45) is 3.00. The third-order valence-corrected chi connectivity index (χ3v) is 0. The molecule has 0 atom stereocenters. The molecule has 0 saturated heterocycles. The third-order valence-electron chi connectivity index (χ3n) is 0. The Kier molecular flexibility index (Phi) is 63.9. The molecule has 0 heterocycles. The SMILES string of the molecule is C=C[CH2-].C=C[CH2-].[I][Ti][I]. The van der Waals surface area contributed by atoms with E-state index in [9.17, 15) is 0 Å². The molecule has 0 aliphatic rings. The Bertz CT molecular complexity index is 40.3. The zero-order chi connectivity index (χ0) is 8.12. The molecule has 0 bridgehead atoms. The first-order valence-corrected chi connectivity index (χ1v) is 12.1. The molecule has 0 radical (unpaired) electrons. The van der Waals surface area contributed by atoms with Crippen LogP contribution in [0.25, 0.3) is 0 Å². The summed E-state index contributed by atoms with van der Waals surface area (Å²) in [5, 5.41) is 0. The Morgan fingerprint density at radius 3 is 1.11 bits per heavy atom. The number of rotatable bonds is 0. The van der Waals surface area contributed by atoms with E-state index in [2.05, 4.69) is 65.4 Å². The Labute approximate surface area is 87.8 Å². The summed E-state index contributed by atoms with van der Waals surface area (Å²) in [6, 6.07) is 0. The predicted octanol–water partition coefficient (Wildman–Crippen LogP) is 3.78. The second-order valence-corrected chi connectivity index (χ2v) is 13.8. The van der Waals surface area contributed by atoms with Gasteiger partial charge in [-0.2, -0.15) is 0 Å². The van der Waals surface area contributed by atoms with Gasteiger partial charge in [0, 0.05) is 0 Å². The van der Waals surface area contributed by atoms with Crippen molar-refractivity contribution in [2.45, 2.75) is 0 Å². The molecule has 0 aromatic rings. The van der Waals surface area contributed by atoms with Crippen LogP contribution in [0.1, 0.15) is 0 Å². The molecule has 0 saturated carbocycles. The molecule has 0 unspecified atom stereocenters. The van der Waals surface area contributed by atoms with E-state index in [0.717, 1.165) is 0 Å². The summed E-state index contributed by atoms with van der Waals surface area (Å²) in [5.41, 5.74) is 0. The van der Waals surface area contributed by atoms with Crippen molar-refractivity contribution in [3.8, 4) is 0 Å². The molecule has 0 aromatic carbocycles. The van der Waals surface area contributed by atoms with Crippen molar-refractivity contribution < 1.29 is 11.7 Å². The fraction of sp³-hybridized carbons (Fsp3) is 0. The van der Waals surface area contributed by atoms with Gasteiger partial charge in [-0.1, -0.05) is 0 Å². The molecule has 0 aliphatic carbocycles. The Morgan fingerprint density at radius 2 is 1.11 bits per heavy atom. The van der Waals surface area contributed by atoms with Gasteiger partial charge in [0.15, 0.2) is 0 Å². The van der Waals surface area contributed by atoms with Gasteiger partial charge in [-0.15, -0.1) is 0 Å². The van der Waals surface area contributed by atoms with E-state index in [1.165, 1.54) is 12.2 Å². The van der Waals surface area contributed by atoms with Gasteiger partial charge in [0.05, 0.1) is 0 Å². The molecule has 3 heteroatoms. The van der Waals surface area contributed by atoms with Crippen LogP contribution in [0.5, 0.6) is 0 Å². The van der Waals surface area contributed by atoms with Crippen LogP contribution in [-0.4, -0.2) is 0 Å². The van der Waals surface area contributed by atoms with Crippen LogP contribution in [-0.2, 0) is 11.7 Å². The van der Waals surface area contributed by atoms with E-state index < -0.39 is 0 Å². The predicted molar refractivity (Wildman–Crippen MR) is 59.1 cm³/mol. The molecule has 0 aromatic heterocycles. The van der Waals surface area contributed by atoms with Crippen LogP contribution >= 0.6 is 38.4 Å². The maximum absolute atomic E-state index is 3.25. The van der Waals surface area contributed by atoms with Crippen LogP contribution in [0.3, 0.4) is 0 Å².